The number of hydrogen-bond donors (Lipinski definition) is 2. The Balaban J connectivity index is 1.27. The first-order valence-corrected chi connectivity index (χ1v) is 13.5. The number of nitrogens with zero attached hydrogens (tertiary/aromatic N) is 3. The fourth-order valence-corrected chi connectivity index (χ4v) is 6.86. The second kappa shape index (κ2) is 10.6. The lowest BCUT2D eigenvalue weighted by Gasteiger charge is -2.33. The van der Waals surface area contributed by atoms with Crippen LogP contribution in [0.3, 0.4) is 0 Å². The van der Waals surface area contributed by atoms with Gasteiger partial charge in [-0.25, -0.2) is 8.42 Å². The van der Waals surface area contributed by atoms with E-state index < -0.39 is 10.0 Å². The van der Waals surface area contributed by atoms with E-state index >= 15 is 0 Å². The van der Waals surface area contributed by atoms with Crippen LogP contribution in [-0.2, 0) is 14.8 Å². The maximum absolute atomic E-state index is 13.2. The van der Waals surface area contributed by atoms with Crippen molar-refractivity contribution in [1.82, 2.24) is 25.2 Å². The van der Waals surface area contributed by atoms with Crippen LogP contribution < -0.4 is 10.9 Å². The highest BCUT2D eigenvalue weighted by atomic mass is 32.2. The van der Waals surface area contributed by atoms with Gasteiger partial charge in [-0.3, -0.25) is 15.6 Å². The molecule has 1 amide bonds. The van der Waals surface area contributed by atoms with Gasteiger partial charge in [0.25, 0.3) is 0 Å². The van der Waals surface area contributed by atoms with Gasteiger partial charge < -0.3 is 9.42 Å². The van der Waals surface area contributed by atoms with Crippen molar-refractivity contribution >= 4 is 15.9 Å². The number of piperidine rings is 1. The first kappa shape index (κ1) is 24.8. The quantitative estimate of drug-likeness (QED) is 0.587. The standard InChI is InChI=1S/C24H35N5O4S/c1-17-23(18(2)33-27-17)34(31,32)29-14-7-11-20(16-29)24(30)28(3)13-8-12-21-15-22(26-25-21)19-9-5-4-6-10-19/h4-6,9-10,20-22,25-26H,7-8,11-16H2,1-3H3. The van der Waals surface area contributed by atoms with E-state index in [0.717, 1.165) is 19.3 Å². The maximum atomic E-state index is 13.2. The van der Waals surface area contributed by atoms with Gasteiger partial charge in [0.15, 0.2) is 5.76 Å². The molecule has 2 fully saturated rings. The average molecular weight is 490 g/mol. The average Bonchev–Trinajstić information content (AvgIpc) is 3.45. The molecule has 0 spiro atoms. The Morgan fingerprint density at radius 1 is 1.24 bits per heavy atom. The second-order valence-corrected chi connectivity index (χ2v) is 11.3. The van der Waals surface area contributed by atoms with Crippen molar-refractivity contribution in [1.29, 1.82) is 0 Å². The maximum Gasteiger partial charge on any atom is 0.248 e. The van der Waals surface area contributed by atoms with Gasteiger partial charge in [0, 0.05) is 38.8 Å². The molecule has 2 aliphatic rings. The van der Waals surface area contributed by atoms with E-state index in [1.807, 2.05) is 13.1 Å². The lowest BCUT2D eigenvalue weighted by Crippen LogP contribution is -2.46. The highest BCUT2D eigenvalue weighted by Gasteiger charge is 2.37. The van der Waals surface area contributed by atoms with Crippen molar-refractivity contribution < 1.29 is 17.7 Å². The Labute approximate surface area is 201 Å². The molecule has 34 heavy (non-hydrogen) atoms. The molecule has 10 heteroatoms. The van der Waals surface area contributed by atoms with E-state index in [2.05, 4.69) is 40.3 Å². The molecule has 186 valence electrons. The van der Waals surface area contributed by atoms with Gasteiger partial charge in [0.1, 0.15) is 10.6 Å². The van der Waals surface area contributed by atoms with Crippen LogP contribution in [0.15, 0.2) is 39.8 Å². The van der Waals surface area contributed by atoms with Crippen LogP contribution in [0.25, 0.3) is 0 Å². The Hall–Kier alpha value is -2.27. The molecule has 2 N–H and O–H groups in total. The Morgan fingerprint density at radius 2 is 2.00 bits per heavy atom. The van der Waals surface area contributed by atoms with Crippen LogP contribution in [0.5, 0.6) is 0 Å². The van der Waals surface area contributed by atoms with Crippen molar-refractivity contribution in [3.8, 4) is 0 Å². The smallest absolute Gasteiger partial charge is 0.248 e. The molecule has 2 aromatic rings. The molecule has 2 aliphatic heterocycles. The summed E-state index contributed by atoms with van der Waals surface area (Å²) in [6, 6.07) is 11.1. The van der Waals surface area contributed by atoms with Crippen LogP contribution >= 0.6 is 0 Å². The normalized spacial score (nSPS) is 23.8. The van der Waals surface area contributed by atoms with Crippen LogP contribution in [0.1, 0.15) is 55.2 Å². The molecule has 0 aliphatic carbocycles. The lowest BCUT2D eigenvalue weighted by atomic mass is 9.97. The minimum atomic E-state index is -3.74. The molecule has 1 aromatic carbocycles. The predicted molar refractivity (Wildman–Crippen MR) is 128 cm³/mol. The van der Waals surface area contributed by atoms with Crippen molar-refractivity contribution in [2.75, 3.05) is 26.7 Å². The van der Waals surface area contributed by atoms with Gasteiger partial charge in [-0.1, -0.05) is 35.5 Å². The molecule has 9 nitrogen and oxygen atoms in total. The number of hydrazine groups is 1. The molecule has 3 atom stereocenters. The Bertz CT molecular complexity index is 1070. The lowest BCUT2D eigenvalue weighted by molar-refractivity contribution is -0.135. The van der Waals surface area contributed by atoms with E-state index in [1.54, 1.807) is 18.7 Å². The number of carbonyl (C=O) groups excluding carboxylic acids is 1. The summed E-state index contributed by atoms with van der Waals surface area (Å²) in [5.41, 5.74) is 8.38. The fourth-order valence-electron chi connectivity index (χ4n) is 5.05. The molecule has 0 saturated carbocycles. The molecule has 2 saturated heterocycles. The highest BCUT2D eigenvalue weighted by Crippen LogP contribution is 2.28. The second-order valence-electron chi connectivity index (χ2n) is 9.44. The van der Waals surface area contributed by atoms with Gasteiger partial charge in [0.05, 0.1) is 5.92 Å². The van der Waals surface area contributed by atoms with Crippen LogP contribution in [0.2, 0.25) is 0 Å². The van der Waals surface area contributed by atoms with E-state index in [1.165, 1.54) is 9.87 Å². The highest BCUT2D eigenvalue weighted by molar-refractivity contribution is 7.89. The molecule has 0 radical (unpaired) electrons. The minimum Gasteiger partial charge on any atom is -0.360 e. The van der Waals surface area contributed by atoms with Crippen LogP contribution in [0.4, 0.5) is 0 Å². The van der Waals surface area contributed by atoms with Gasteiger partial charge in [-0.2, -0.15) is 4.31 Å². The van der Waals surface area contributed by atoms with Gasteiger partial charge >= 0.3 is 0 Å². The number of aryl methyl sites for hydroxylation is 2. The third kappa shape index (κ3) is 5.35. The zero-order chi connectivity index (χ0) is 24.3. The topological polar surface area (TPSA) is 108 Å². The van der Waals surface area contributed by atoms with Crippen molar-refractivity contribution in [2.45, 2.75) is 62.9 Å². The molecule has 1 aromatic heterocycles. The number of sulfonamides is 1. The van der Waals surface area contributed by atoms with Gasteiger partial charge in [-0.05, 0) is 51.5 Å². The van der Waals surface area contributed by atoms with E-state index in [4.69, 9.17) is 4.52 Å². The van der Waals surface area contributed by atoms with Crippen LogP contribution in [-0.4, -0.2) is 61.4 Å². The Kier molecular flexibility index (Phi) is 7.71. The first-order valence-electron chi connectivity index (χ1n) is 12.0. The van der Waals surface area contributed by atoms with E-state index in [-0.39, 0.29) is 29.0 Å². The number of amides is 1. The van der Waals surface area contributed by atoms with Gasteiger partial charge in [-0.15, -0.1) is 0 Å². The summed E-state index contributed by atoms with van der Waals surface area (Å²) in [4.78, 5) is 15.0. The van der Waals surface area contributed by atoms with Crippen molar-refractivity contribution in [3.05, 3.63) is 47.3 Å². The summed E-state index contributed by atoms with van der Waals surface area (Å²) in [6.45, 7) is 4.48. The summed E-state index contributed by atoms with van der Waals surface area (Å²) in [6.07, 6.45) is 4.22. The third-order valence-corrected chi connectivity index (χ3v) is 9.02. The predicted octanol–water partition coefficient (Wildman–Crippen LogP) is 2.54. The van der Waals surface area contributed by atoms with Crippen molar-refractivity contribution in [2.24, 2.45) is 5.92 Å². The molecule has 0 bridgehead atoms. The SMILES string of the molecule is Cc1noc(C)c1S(=O)(=O)N1CCCC(C(=O)N(C)CCCC2CC(c3ccccc3)NN2)C1. The largest absolute Gasteiger partial charge is 0.360 e. The fraction of sp³-hybridized carbons (Fsp3) is 0.583. The van der Waals surface area contributed by atoms with Gasteiger partial charge in [0.2, 0.25) is 15.9 Å². The van der Waals surface area contributed by atoms with Crippen LogP contribution in [0, 0.1) is 19.8 Å². The zero-order valence-corrected chi connectivity index (χ0v) is 21.0. The summed E-state index contributed by atoms with van der Waals surface area (Å²) >= 11 is 0. The van der Waals surface area contributed by atoms with E-state index in [9.17, 15) is 13.2 Å². The summed E-state index contributed by atoms with van der Waals surface area (Å²) < 4.78 is 32.8. The molecule has 3 unspecified atom stereocenters. The number of nitrogens with one attached hydrogen (secondary N) is 2. The summed E-state index contributed by atoms with van der Waals surface area (Å²) in [7, 11) is -1.92. The number of benzene rings is 1. The number of aromatic nitrogens is 1. The minimum absolute atomic E-state index is 0.0123. The monoisotopic (exact) mass is 489 g/mol. The zero-order valence-electron chi connectivity index (χ0n) is 20.2. The molecule has 4 rings (SSSR count). The summed E-state index contributed by atoms with van der Waals surface area (Å²) in [5, 5.41) is 3.78. The third-order valence-electron chi connectivity index (χ3n) is 6.91. The summed E-state index contributed by atoms with van der Waals surface area (Å²) in [5.74, 6) is -0.0337. The molecular weight excluding hydrogens is 454 g/mol. The molecule has 3 heterocycles. The number of rotatable bonds is 8. The first-order chi connectivity index (χ1) is 16.3. The number of carbonyl (C=O) groups is 1. The number of hydrogen-bond acceptors (Lipinski definition) is 7. The van der Waals surface area contributed by atoms with E-state index in [0.29, 0.717) is 43.7 Å². The molecular formula is C24H35N5O4S. The Morgan fingerprint density at radius 3 is 2.71 bits per heavy atom. The van der Waals surface area contributed by atoms with Crippen molar-refractivity contribution in [3.63, 3.8) is 0 Å².